The molecule has 0 fully saturated rings. The van der Waals surface area contributed by atoms with Crippen molar-refractivity contribution in [2.24, 2.45) is 0 Å². The number of likely N-dealkylation sites (N-methyl/N-ethyl adjacent to an activating group) is 1. The molecular weight excluding hydrogens is 270 g/mol. The molecule has 0 saturated carbocycles. The fourth-order valence-electron chi connectivity index (χ4n) is 1.81. The Bertz CT molecular complexity index is 323. The Hall–Kier alpha value is -1.30. The molecule has 0 bridgehead atoms. The summed E-state index contributed by atoms with van der Waals surface area (Å²) < 4.78 is 5.13. The van der Waals surface area contributed by atoms with Gasteiger partial charge in [0.2, 0.25) is 5.91 Å². The van der Waals surface area contributed by atoms with Crippen LogP contribution in [-0.4, -0.2) is 54.7 Å². The van der Waals surface area contributed by atoms with Gasteiger partial charge in [0.1, 0.15) is 5.60 Å². The van der Waals surface area contributed by atoms with E-state index in [-0.39, 0.29) is 11.9 Å². The van der Waals surface area contributed by atoms with E-state index in [9.17, 15) is 9.59 Å². The minimum absolute atomic E-state index is 0.111. The van der Waals surface area contributed by atoms with Gasteiger partial charge < -0.3 is 20.3 Å². The van der Waals surface area contributed by atoms with Gasteiger partial charge >= 0.3 is 6.09 Å². The summed E-state index contributed by atoms with van der Waals surface area (Å²) in [5.41, 5.74) is -0.479. The molecule has 0 heterocycles. The van der Waals surface area contributed by atoms with Crippen molar-refractivity contribution in [3.05, 3.63) is 0 Å². The standard InChI is InChI=1S/C15H31N3O3/c1-7-18(8-2)13(19)12(3)16-10-9-11-17-14(20)21-15(4,5)6/h12,16H,7-11H2,1-6H3,(H,17,20). The van der Waals surface area contributed by atoms with Crippen molar-refractivity contribution in [2.45, 2.75) is 59.6 Å². The van der Waals surface area contributed by atoms with Crippen LogP contribution in [0, 0.1) is 0 Å². The van der Waals surface area contributed by atoms with Gasteiger partial charge in [-0.3, -0.25) is 4.79 Å². The first-order chi connectivity index (χ1) is 9.71. The second-order valence-electron chi connectivity index (χ2n) is 5.97. The van der Waals surface area contributed by atoms with Gasteiger partial charge in [-0.2, -0.15) is 0 Å². The zero-order valence-corrected chi connectivity index (χ0v) is 14.3. The van der Waals surface area contributed by atoms with Gasteiger partial charge in [-0.05, 0) is 54.5 Å². The molecule has 0 radical (unpaired) electrons. The number of alkyl carbamates (subject to hydrolysis) is 1. The summed E-state index contributed by atoms with van der Waals surface area (Å²) in [6.07, 6.45) is 0.338. The molecule has 0 aliphatic carbocycles. The van der Waals surface area contributed by atoms with Gasteiger partial charge in [-0.1, -0.05) is 0 Å². The summed E-state index contributed by atoms with van der Waals surface area (Å²) >= 11 is 0. The third-order valence-corrected chi connectivity index (χ3v) is 2.92. The van der Waals surface area contributed by atoms with Gasteiger partial charge in [0.15, 0.2) is 0 Å². The normalized spacial score (nSPS) is 12.7. The van der Waals surface area contributed by atoms with E-state index in [1.165, 1.54) is 0 Å². The van der Waals surface area contributed by atoms with Gasteiger partial charge in [-0.15, -0.1) is 0 Å². The molecule has 1 unspecified atom stereocenters. The van der Waals surface area contributed by atoms with Crippen molar-refractivity contribution < 1.29 is 14.3 Å². The molecule has 21 heavy (non-hydrogen) atoms. The fourth-order valence-corrected chi connectivity index (χ4v) is 1.81. The van der Waals surface area contributed by atoms with Gasteiger partial charge in [-0.25, -0.2) is 4.79 Å². The highest BCUT2D eigenvalue weighted by Crippen LogP contribution is 2.06. The first-order valence-corrected chi connectivity index (χ1v) is 7.70. The minimum Gasteiger partial charge on any atom is -0.444 e. The molecule has 6 nitrogen and oxygen atoms in total. The van der Waals surface area contributed by atoms with Crippen LogP contribution in [0.15, 0.2) is 0 Å². The molecule has 0 spiro atoms. The smallest absolute Gasteiger partial charge is 0.407 e. The van der Waals surface area contributed by atoms with Crippen LogP contribution in [0.3, 0.4) is 0 Å². The number of ether oxygens (including phenoxy) is 1. The molecule has 124 valence electrons. The van der Waals surface area contributed by atoms with Crippen LogP contribution >= 0.6 is 0 Å². The van der Waals surface area contributed by atoms with Crippen LogP contribution in [0.5, 0.6) is 0 Å². The van der Waals surface area contributed by atoms with E-state index in [2.05, 4.69) is 10.6 Å². The largest absolute Gasteiger partial charge is 0.444 e. The van der Waals surface area contributed by atoms with E-state index in [4.69, 9.17) is 4.74 Å². The molecule has 0 aromatic heterocycles. The molecule has 0 aliphatic heterocycles. The maximum Gasteiger partial charge on any atom is 0.407 e. The molecule has 0 aromatic rings. The Labute approximate surface area is 128 Å². The molecule has 0 rings (SSSR count). The lowest BCUT2D eigenvalue weighted by Crippen LogP contribution is -2.45. The monoisotopic (exact) mass is 301 g/mol. The summed E-state index contributed by atoms with van der Waals surface area (Å²) in [4.78, 5) is 25.2. The second kappa shape index (κ2) is 9.60. The third kappa shape index (κ3) is 9.28. The zero-order valence-electron chi connectivity index (χ0n) is 14.3. The number of carbonyl (C=O) groups excluding carboxylic acids is 2. The molecule has 2 N–H and O–H groups in total. The van der Waals surface area contributed by atoms with Crippen LogP contribution in [0.4, 0.5) is 4.79 Å². The number of nitrogens with one attached hydrogen (secondary N) is 2. The first kappa shape index (κ1) is 19.7. The van der Waals surface area contributed by atoms with Crippen molar-refractivity contribution >= 4 is 12.0 Å². The van der Waals surface area contributed by atoms with E-state index in [0.29, 0.717) is 13.1 Å². The quantitative estimate of drug-likeness (QED) is 0.670. The Morgan fingerprint density at radius 2 is 1.71 bits per heavy atom. The molecule has 1 atom stereocenters. The topological polar surface area (TPSA) is 70.7 Å². The van der Waals surface area contributed by atoms with Crippen LogP contribution in [0.1, 0.15) is 48.0 Å². The van der Waals surface area contributed by atoms with Crippen molar-refractivity contribution in [3.63, 3.8) is 0 Å². The summed E-state index contributed by atoms with van der Waals surface area (Å²) in [6, 6.07) is -0.202. The minimum atomic E-state index is -0.479. The average molecular weight is 301 g/mol. The summed E-state index contributed by atoms with van der Waals surface area (Å²) in [6.45, 7) is 13.9. The van der Waals surface area contributed by atoms with Crippen LogP contribution in [0.2, 0.25) is 0 Å². The molecular formula is C15H31N3O3. The molecule has 0 saturated heterocycles. The highest BCUT2D eigenvalue weighted by atomic mass is 16.6. The Morgan fingerprint density at radius 1 is 1.14 bits per heavy atom. The number of nitrogens with zero attached hydrogens (tertiary/aromatic N) is 1. The predicted octanol–water partition coefficient (Wildman–Crippen LogP) is 1.75. The molecule has 6 heteroatoms. The first-order valence-electron chi connectivity index (χ1n) is 7.70. The van der Waals surface area contributed by atoms with E-state index in [1.54, 1.807) is 4.90 Å². The lowest BCUT2D eigenvalue weighted by atomic mass is 10.2. The number of carbonyl (C=O) groups is 2. The highest BCUT2D eigenvalue weighted by molar-refractivity contribution is 5.81. The Kier molecular flexibility index (Phi) is 9.01. The van der Waals surface area contributed by atoms with Crippen molar-refractivity contribution in [2.75, 3.05) is 26.2 Å². The van der Waals surface area contributed by atoms with Crippen molar-refractivity contribution in [1.82, 2.24) is 15.5 Å². The second-order valence-corrected chi connectivity index (χ2v) is 5.97. The number of rotatable bonds is 8. The predicted molar refractivity (Wildman–Crippen MR) is 84.2 cm³/mol. The Balaban J connectivity index is 3.81. The SMILES string of the molecule is CCN(CC)C(=O)C(C)NCCCNC(=O)OC(C)(C)C. The molecule has 2 amide bonds. The highest BCUT2D eigenvalue weighted by Gasteiger charge is 2.17. The number of amides is 2. The average Bonchev–Trinajstić information content (AvgIpc) is 2.37. The van der Waals surface area contributed by atoms with Crippen molar-refractivity contribution in [1.29, 1.82) is 0 Å². The van der Waals surface area contributed by atoms with Gasteiger partial charge in [0, 0.05) is 19.6 Å². The summed E-state index contributed by atoms with van der Waals surface area (Å²) in [5.74, 6) is 0.111. The van der Waals surface area contributed by atoms with E-state index < -0.39 is 11.7 Å². The van der Waals surface area contributed by atoms with Crippen LogP contribution < -0.4 is 10.6 Å². The summed E-state index contributed by atoms with van der Waals surface area (Å²) in [5, 5.41) is 5.86. The van der Waals surface area contributed by atoms with Crippen molar-refractivity contribution in [3.8, 4) is 0 Å². The number of hydrogen-bond donors (Lipinski definition) is 2. The number of hydrogen-bond acceptors (Lipinski definition) is 4. The van der Waals surface area contributed by atoms with Crippen LogP contribution in [0.25, 0.3) is 0 Å². The maximum absolute atomic E-state index is 12.0. The fraction of sp³-hybridized carbons (Fsp3) is 0.867. The van der Waals surface area contributed by atoms with Gasteiger partial charge in [0.25, 0.3) is 0 Å². The van der Waals surface area contributed by atoms with Gasteiger partial charge in [0.05, 0.1) is 6.04 Å². The van der Waals surface area contributed by atoms with E-state index >= 15 is 0 Å². The van der Waals surface area contributed by atoms with E-state index in [0.717, 1.165) is 19.5 Å². The van der Waals surface area contributed by atoms with Crippen LogP contribution in [-0.2, 0) is 9.53 Å². The maximum atomic E-state index is 12.0. The molecule has 0 aliphatic rings. The Morgan fingerprint density at radius 3 is 2.19 bits per heavy atom. The lowest BCUT2D eigenvalue weighted by Gasteiger charge is -2.23. The lowest BCUT2D eigenvalue weighted by molar-refractivity contribution is -0.132. The zero-order chi connectivity index (χ0) is 16.5. The molecule has 0 aromatic carbocycles. The van der Waals surface area contributed by atoms with E-state index in [1.807, 2.05) is 41.5 Å². The summed E-state index contributed by atoms with van der Waals surface area (Å²) in [7, 11) is 0. The third-order valence-electron chi connectivity index (χ3n) is 2.92.